The van der Waals surface area contributed by atoms with Gasteiger partial charge in [-0.15, -0.1) is 0 Å². The Morgan fingerprint density at radius 3 is 1.58 bits per heavy atom. The van der Waals surface area contributed by atoms with Crippen LogP contribution in [0.3, 0.4) is 0 Å². The third kappa shape index (κ3) is 6.09. The monoisotopic (exact) mass is 266 g/mol. The fourth-order valence-corrected chi connectivity index (χ4v) is 2.25. The van der Waals surface area contributed by atoms with Crippen molar-refractivity contribution in [2.45, 2.75) is 0 Å². The smallest absolute Gasteiger partial charge is 0.0668 e. The van der Waals surface area contributed by atoms with E-state index in [1.807, 2.05) is 0 Å². The Morgan fingerprint density at radius 1 is 0.737 bits per heavy atom. The summed E-state index contributed by atoms with van der Waals surface area (Å²) in [5, 5.41) is 6.68. The van der Waals surface area contributed by atoms with Crippen molar-refractivity contribution in [3.63, 3.8) is 0 Å². The molecule has 0 aromatic heterocycles. The second kappa shape index (κ2) is 8.96. The summed E-state index contributed by atoms with van der Waals surface area (Å²) < 4.78 is 5.56. The molecule has 0 aromatic carbocycles. The molecule has 0 saturated carbocycles. The Kier molecular flexibility index (Phi) is 6.78. The number of hydrogen-bond donors (Lipinski definition) is 2. The van der Waals surface area contributed by atoms with Gasteiger partial charge in [-0.2, -0.15) is 0 Å². The number of nitrogens with one attached hydrogen (secondary N) is 2. The van der Waals surface area contributed by atoms with Gasteiger partial charge in [-0.3, -0.25) is 0 Å². The highest BCUT2D eigenvalue weighted by Crippen LogP contribution is 1.94. The average Bonchev–Trinajstić information content (AvgIpc) is 2.48. The number of piperazine rings is 2. The number of hydrogen-bond acceptors (Lipinski definition) is 5. The van der Waals surface area contributed by atoms with Gasteiger partial charge in [0.1, 0.15) is 0 Å². The molecule has 2 aliphatic rings. The zero-order valence-corrected chi connectivity index (χ0v) is 11.7. The van der Waals surface area contributed by atoms with Gasteiger partial charge in [-0.1, -0.05) is 0 Å². The first-order valence-corrected chi connectivity index (χ1v) is 7.26. The van der Waals surface area contributed by atoms with Gasteiger partial charge in [0.05, 0.1) is 13.2 Å². The van der Waals surface area contributed by atoms with Gasteiger partial charge in [-0.25, -0.2) is 0 Å². The highest BCUT2D eigenvalue weighted by molar-refractivity contribution is 4.87. The van der Waals surface area contributed by atoms with Gasteiger partial charge < -0.3 is 25.2 Å². The Morgan fingerprint density at radius 2 is 1.16 bits per heavy atom. The summed E-state index contributed by atoms with van der Waals surface area (Å²) in [6.07, 6.45) is 8.51. The summed E-state index contributed by atoms with van der Waals surface area (Å²) in [4.78, 5) is 4.66. The molecule has 0 aliphatic carbocycles. The zero-order chi connectivity index (χ0) is 13.2. The lowest BCUT2D eigenvalue weighted by atomic mass is 10.4. The minimum absolute atomic E-state index is 0.690. The lowest BCUT2D eigenvalue weighted by Crippen LogP contribution is -2.40. The van der Waals surface area contributed by atoms with Gasteiger partial charge in [-0.05, 0) is 24.6 Å². The molecule has 0 unspecified atom stereocenters. The fourth-order valence-electron chi connectivity index (χ4n) is 2.25. The van der Waals surface area contributed by atoms with Crippen LogP contribution in [0.2, 0.25) is 0 Å². The lowest BCUT2D eigenvalue weighted by Gasteiger charge is -2.25. The molecule has 2 aliphatic heterocycles. The van der Waals surface area contributed by atoms with Gasteiger partial charge in [0, 0.05) is 52.4 Å². The normalized spacial score (nSPS) is 21.7. The largest absolute Gasteiger partial charge is 0.375 e. The SMILES string of the molecule is C(=CN1CCNCC1)COCC=CN1CCNCC1. The molecule has 2 N–H and O–H groups in total. The summed E-state index contributed by atoms with van der Waals surface area (Å²) in [5.74, 6) is 0. The minimum Gasteiger partial charge on any atom is -0.375 e. The van der Waals surface area contributed by atoms with Gasteiger partial charge in [0.2, 0.25) is 0 Å². The predicted octanol–water partition coefficient (Wildman–Crippen LogP) is -0.159. The summed E-state index contributed by atoms with van der Waals surface area (Å²) in [6, 6.07) is 0. The molecule has 0 atom stereocenters. The maximum absolute atomic E-state index is 5.56. The molecule has 0 bridgehead atoms. The van der Waals surface area contributed by atoms with Crippen LogP contribution in [0.1, 0.15) is 0 Å². The fraction of sp³-hybridized carbons (Fsp3) is 0.714. The highest BCUT2D eigenvalue weighted by atomic mass is 16.5. The highest BCUT2D eigenvalue weighted by Gasteiger charge is 2.04. The van der Waals surface area contributed by atoms with Crippen molar-refractivity contribution < 1.29 is 4.74 Å². The number of rotatable bonds is 6. The minimum atomic E-state index is 0.690. The molecule has 0 spiro atoms. The molecule has 2 fully saturated rings. The van der Waals surface area contributed by atoms with Crippen molar-refractivity contribution in [1.82, 2.24) is 20.4 Å². The summed E-state index contributed by atoms with van der Waals surface area (Å²) >= 11 is 0. The van der Waals surface area contributed by atoms with E-state index in [-0.39, 0.29) is 0 Å². The molecular formula is C14H26N4O. The van der Waals surface area contributed by atoms with Crippen LogP contribution in [0.15, 0.2) is 24.6 Å². The van der Waals surface area contributed by atoms with Crippen LogP contribution in [0, 0.1) is 0 Å². The molecule has 2 saturated heterocycles. The van der Waals surface area contributed by atoms with Gasteiger partial charge >= 0.3 is 0 Å². The molecule has 2 heterocycles. The molecule has 0 aromatic rings. The Labute approximate surface area is 116 Å². The third-order valence-corrected chi connectivity index (χ3v) is 3.36. The number of nitrogens with zero attached hydrogens (tertiary/aromatic N) is 2. The van der Waals surface area contributed by atoms with Gasteiger partial charge in [0.25, 0.3) is 0 Å². The first-order chi connectivity index (χ1) is 9.45. The van der Waals surface area contributed by atoms with Crippen LogP contribution in [0.5, 0.6) is 0 Å². The summed E-state index contributed by atoms with van der Waals surface area (Å²) in [5.41, 5.74) is 0. The maximum Gasteiger partial charge on any atom is 0.0668 e. The van der Waals surface area contributed by atoms with Crippen LogP contribution in [-0.4, -0.2) is 75.4 Å². The van der Waals surface area contributed by atoms with E-state index in [0.717, 1.165) is 52.4 Å². The van der Waals surface area contributed by atoms with E-state index in [2.05, 4.69) is 45.0 Å². The Bertz CT molecular complexity index is 253. The molecule has 19 heavy (non-hydrogen) atoms. The van der Waals surface area contributed by atoms with Crippen molar-refractivity contribution in [1.29, 1.82) is 0 Å². The van der Waals surface area contributed by atoms with Gasteiger partial charge in [0.15, 0.2) is 0 Å². The third-order valence-electron chi connectivity index (χ3n) is 3.36. The van der Waals surface area contributed by atoms with E-state index in [0.29, 0.717) is 13.2 Å². The van der Waals surface area contributed by atoms with Crippen LogP contribution in [0.4, 0.5) is 0 Å². The van der Waals surface area contributed by atoms with Crippen molar-refractivity contribution in [2.75, 3.05) is 65.6 Å². The van der Waals surface area contributed by atoms with Crippen molar-refractivity contribution in [2.24, 2.45) is 0 Å². The van der Waals surface area contributed by atoms with E-state index in [1.165, 1.54) is 0 Å². The zero-order valence-electron chi connectivity index (χ0n) is 11.7. The second-order valence-corrected chi connectivity index (χ2v) is 4.88. The summed E-state index contributed by atoms with van der Waals surface area (Å²) in [7, 11) is 0. The maximum atomic E-state index is 5.56. The average molecular weight is 266 g/mol. The summed E-state index contributed by atoms with van der Waals surface area (Å²) in [6.45, 7) is 10.1. The van der Waals surface area contributed by atoms with E-state index < -0.39 is 0 Å². The lowest BCUT2D eigenvalue weighted by molar-refractivity contribution is 0.190. The van der Waals surface area contributed by atoms with Crippen molar-refractivity contribution in [3.8, 4) is 0 Å². The molecule has 2 rings (SSSR count). The second-order valence-electron chi connectivity index (χ2n) is 4.88. The molecule has 5 heteroatoms. The van der Waals surface area contributed by atoms with E-state index in [9.17, 15) is 0 Å². The standard InChI is InChI=1S/C14H26N4O/c1(7-17-9-3-15-4-10-17)13-19-14-2-8-18-11-5-16-6-12-18/h1-2,7-8,15-16H,3-6,9-14H2. The van der Waals surface area contributed by atoms with Crippen molar-refractivity contribution in [3.05, 3.63) is 24.6 Å². The van der Waals surface area contributed by atoms with E-state index in [4.69, 9.17) is 4.74 Å². The molecule has 0 amide bonds. The molecule has 5 nitrogen and oxygen atoms in total. The molecule has 0 radical (unpaired) electrons. The van der Waals surface area contributed by atoms with Crippen molar-refractivity contribution >= 4 is 0 Å². The van der Waals surface area contributed by atoms with Crippen LogP contribution < -0.4 is 10.6 Å². The molecule has 108 valence electrons. The Hall–Kier alpha value is -1.04. The van der Waals surface area contributed by atoms with Crippen LogP contribution in [0.25, 0.3) is 0 Å². The Balaban J connectivity index is 1.49. The van der Waals surface area contributed by atoms with E-state index >= 15 is 0 Å². The number of ether oxygens (including phenoxy) is 1. The molecular weight excluding hydrogens is 240 g/mol. The van der Waals surface area contributed by atoms with Crippen LogP contribution in [-0.2, 0) is 4.74 Å². The van der Waals surface area contributed by atoms with Crippen LogP contribution >= 0.6 is 0 Å². The van der Waals surface area contributed by atoms with E-state index in [1.54, 1.807) is 0 Å². The quantitative estimate of drug-likeness (QED) is 0.654. The predicted molar refractivity (Wildman–Crippen MR) is 78.0 cm³/mol. The first-order valence-electron chi connectivity index (χ1n) is 7.26. The topological polar surface area (TPSA) is 39.8 Å². The first kappa shape index (κ1) is 14.4.